The van der Waals surface area contributed by atoms with Crippen molar-refractivity contribution >= 4 is 22.7 Å². The van der Waals surface area contributed by atoms with Crippen molar-refractivity contribution in [1.29, 1.82) is 5.26 Å². The molecule has 0 bridgehead atoms. The Morgan fingerprint density at radius 1 is 1.25 bits per heavy atom. The summed E-state index contributed by atoms with van der Waals surface area (Å²) in [6.45, 7) is 1.75. The van der Waals surface area contributed by atoms with E-state index in [1.165, 1.54) is 6.42 Å². The van der Waals surface area contributed by atoms with Gasteiger partial charge in [-0.25, -0.2) is 14.5 Å². The number of ether oxygens (including phenoxy) is 1. The number of aromatic nitrogens is 3. The van der Waals surface area contributed by atoms with Crippen LogP contribution < -0.4 is 4.90 Å². The summed E-state index contributed by atoms with van der Waals surface area (Å²) in [5, 5.41) is 24.9. The minimum absolute atomic E-state index is 0.00734. The van der Waals surface area contributed by atoms with Crippen LogP contribution in [0, 0.1) is 17.2 Å². The molecule has 8 heteroatoms. The number of pyridine rings is 1. The van der Waals surface area contributed by atoms with Crippen LogP contribution in [0.5, 0.6) is 0 Å². The van der Waals surface area contributed by atoms with Crippen LogP contribution in [0.3, 0.4) is 0 Å². The summed E-state index contributed by atoms with van der Waals surface area (Å²) in [5.74, 6) is -0.772. The molecule has 1 saturated carbocycles. The molecule has 1 spiro atoms. The fourth-order valence-electron chi connectivity index (χ4n) is 5.17. The number of carboxylic acids is 1. The molecular formula is C24H23N5O3. The Bertz CT molecular complexity index is 1250. The summed E-state index contributed by atoms with van der Waals surface area (Å²) in [5.41, 5.74) is 2.99. The van der Waals surface area contributed by atoms with Crippen molar-refractivity contribution in [3.63, 3.8) is 0 Å². The first-order chi connectivity index (χ1) is 15.6. The molecule has 1 aromatic carbocycles. The third-order valence-corrected chi connectivity index (χ3v) is 7.05. The Kier molecular flexibility index (Phi) is 4.24. The largest absolute Gasteiger partial charge is 0.477 e. The number of benzene rings is 1. The Morgan fingerprint density at radius 2 is 2.03 bits per heavy atom. The number of aromatic carboxylic acids is 1. The van der Waals surface area contributed by atoms with Crippen LogP contribution in [-0.2, 0) is 4.74 Å². The molecule has 3 aromatic rings. The molecule has 3 fully saturated rings. The second-order valence-electron chi connectivity index (χ2n) is 9.17. The SMILES string of the molecule is N#CC1COC2(C1)CN(c1cc(C(=O)O)nc3c1c(C1CCC1)nn3-c1ccccc1)C2. The van der Waals surface area contributed by atoms with Gasteiger partial charge in [0.15, 0.2) is 11.3 Å². The number of carbonyl (C=O) groups is 1. The van der Waals surface area contributed by atoms with Crippen molar-refractivity contribution in [3.05, 3.63) is 47.8 Å². The number of para-hydroxylation sites is 1. The monoisotopic (exact) mass is 429 g/mol. The minimum Gasteiger partial charge on any atom is -0.477 e. The van der Waals surface area contributed by atoms with Gasteiger partial charge in [0.25, 0.3) is 0 Å². The van der Waals surface area contributed by atoms with E-state index in [9.17, 15) is 15.2 Å². The van der Waals surface area contributed by atoms with Crippen LogP contribution in [0.1, 0.15) is 47.8 Å². The normalized spacial score (nSPS) is 22.0. The van der Waals surface area contributed by atoms with Gasteiger partial charge in [-0.15, -0.1) is 0 Å². The van der Waals surface area contributed by atoms with Crippen molar-refractivity contribution < 1.29 is 14.6 Å². The molecule has 1 atom stereocenters. The summed E-state index contributed by atoms with van der Waals surface area (Å²) < 4.78 is 7.77. The van der Waals surface area contributed by atoms with Gasteiger partial charge in [0.1, 0.15) is 5.60 Å². The average molecular weight is 429 g/mol. The first kappa shape index (κ1) is 19.3. The summed E-state index contributed by atoms with van der Waals surface area (Å²) in [6.07, 6.45) is 4.06. The first-order valence-corrected chi connectivity index (χ1v) is 11.1. The van der Waals surface area contributed by atoms with E-state index in [1.54, 1.807) is 10.7 Å². The zero-order valence-corrected chi connectivity index (χ0v) is 17.6. The summed E-state index contributed by atoms with van der Waals surface area (Å²) in [7, 11) is 0. The Labute approximate surface area is 185 Å². The van der Waals surface area contributed by atoms with E-state index in [2.05, 4.69) is 16.0 Å². The molecule has 4 heterocycles. The second kappa shape index (κ2) is 7.04. The van der Waals surface area contributed by atoms with Gasteiger partial charge in [-0.3, -0.25) is 0 Å². The van der Waals surface area contributed by atoms with Gasteiger partial charge in [0.05, 0.1) is 41.0 Å². The van der Waals surface area contributed by atoms with Crippen molar-refractivity contribution in [2.24, 2.45) is 5.92 Å². The third kappa shape index (κ3) is 2.88. The van der Waals surface area contributed by atoms with Gasteiger partial charge in [-0.2, -0.15) is 10.4 Å². The molecular weight excluding hydrogens is 406 g/mol. The molecule has 1 unspecified atom stereocenters. The highest BCUT2D eigenvalue weighted by atomic mass is 16.5. The molecule has 6 rings (SSSR count). The lowest BCUT2D eigenvalue weighted by Gasteiger charge is -2.48. The Hall–Kier alpha value is -3.44. The van der Waals surface area contributed by atoms with Gasteiger partial charge >= 0.3 is 5.97 Å². The van der Waals surface area contributed by atoms with E-state index in [1.807, 2.05) is 30.3 Å². The van der Waals surface area contributed by atoms with Crippen LogP contribution in [0.25, 0.3) is 16.7 Å². The number of nitriles is 1. The molecule has 0 amide bonds. The number of carboxylic acid groups (broad SMARTS) is 1. The molecule has 1 N–H and O–H groups in total. The predicted octanol–water partition coefficient (Wildman–Crippen LogP) is 3.51. The van der Waals surface area contributed by atoms with Gasteiger partial charge < -0.3 is 14.7 Å². The Morgan fingerprint density at radius 3 is 2.66 bits per heavy atom. The van der Waals surface area contributed by atoms with Crippen LogP contribution in [0.2, 0.25) is 0 Å². The lowest BCUT2D eigenvalue weighted by atomic mass is 9.81. The van der Waals surface area contributed by atoms with E-state index < -0.39 is 5.97 Å². The zero-order chi connectivity index (χ0) is 21.9. The highest BCUT2D eigenvalue weighted by Crippen LogP contribution is 2.46. The molecule has 162 valence electrons. The Balaban J connectivity index is 1.50. The van der Waals surface area contributed by atoms with E-state index in [-0.39, 0.29) is 17.2 Å². The maximum atomic E-state index is 11.9. The van der Waals surface area contributed by atoms with Crippen LogP contribution in [-0.4, -0.2) is 51.1 Å². The van der Waals surface area contributed by atoms with Gasteiger partial charge in [0, 0.05) is 19.0 Å². The van der Waals surface area contributed by atoms with Gasteiger partial charge in [-0.05, 0) is 37.5 Å². The summed E-state index contributed by atoms with van der Waals surface area (Å²) in [6, 6.07) is 13.7. The van der Waals surface area contributed by atoms with E-state index >= 15 is 0 Å². The number of fused-ring (bicyclic) bond motifs is 1. The van der Waals surface area contributed by atoms with Crippen LogP contribution >= 0.6 is 0 Å². The smallest absolute Gasteiger partial charge is 0.354 e. The predicted molar refractivity (Wildman–Crippen MR) is 117 cm³/mol. The number of rotatable bonds is 4. The highest BCUT2D eigenvalue weighted by molar-refractivity contribution is 5.99. The van der Waals surface area contributed by atoms with Crippen molar-refractivity contribution in [2.75, 3.05) is 24.6 Å². The van der Waals surface area contributed by atoms with E-state index in [0.29, 0.717) is 31.3 Å². The summed E-state index contributed by atoms with van der Waals surface area (Å²) >= 11 is 0. The molecule has 2 aliphatic heterocycles. The van der Waals surface area contributed by atoms with Gasteiger partial charge in [0.2, 0.25) is 0 Å². The molecule has 1 aliphatic carbocycles. The topological polar surface area (TPSA) is 104 Å². The molecule has 2 saturated heterocycles. The van der Waals surface area contributed by atoms with Crippen LogP contribution in [0.15, 0.2) is 36.4 Å². The standard InChI is InChI=1S/C24H23N5O3/c25-11-15-10-24(32-12-15)13-28(14-24)19-9-18(23(30)31)26-22-20(19)21(16-5-4-6-16)27-29(22)17-7-2-1-3-8-17/h1-3,7-9,15-16H,4-6,10,12-14H2,(H,30,31). The molecule has 0 radical (unpaired) electrons. The average Bonchev–Trinajstić information content (AvgIpc) is 3.34. The zero-order valence-electron chi connectivity index (χ0n) is 17.6. The van der Waals surface area contributed by atoms with E-state index in [0.717, 1.165) is 41.7 Å². The number of hydrogen-bond acceptors (Lipinski definition) is 6. The minimum atomic E-state index is -1.06. The number of hydrogen-bond donors (Lipinski definition) is 1. The lowest BCUT2D eigenvalue weighted by Crippen LogP contribution is -2.61. The number of anilines is 1. The first-order valence-electron chi connectivity index (χ1n) is 11.1. The third-order valence-electron chi connectivity index (χ3n) is 7.05. The van der Waals surface area contributed by atoms with Gasteiger partial charge in [-0.1, -0.05) is 24.6 Å². The maximum absolute atomic E-state index is 11.9. The molecule has 3 aliphatic rings. The quantitative estimate of drug-likeness (QED) is 0.677. The van der Waals surface area contributed by atoms with E-state index in [4.69, 9.17) is 9.84 Å². The summed E-state index contributed by atoms with van der Waals surface area (Å²) in [4.78, 5) is 18.6. The number of nitrogens with zero attached hydrogens (tertiary/aromatic N) is 5. The highest BCUT2D eigenvalue weighted by Gasteiger charge is 2.50. The van der Waals surface area contributed by atoms with Crippen molar-refractivity contribution in [1.82, 2.24) is 14.8 Å². The maximum Gasteiger partial charge on any atom is 0.354 e. The van der Waals surface area contributed by atoms with Crippen molar-refractivity contribution in [3.8, 4) is 11.8 Å². The molecule has 2 aromatic heterocycles. The fraction of sp³-hybridized carbons (Fsp3) is 0.417. The molecule has 8 nitrogen and oxygen atoms in total. The second-order valence-corrected chi connectivity index (χ2v) is 9.17. The van der Waals surface area contributed by atoms with Crippen LogP contribution in [0.4, 0.5) is 5.69 Å². The lowest BCUT2D eigenvalue weighted by molar-refractivity contribution is -0.0182. The van der Waals surface area contributed by atoms with Crippen molar-refractivity contribution in [2.45, 2.75) is 37.2 Å². The fourth-order valence-corrected chi connectivity index (χ4v) is 5.17. The molecule has 32 heavy (non-hydrogen) atoms.